The number of aromatic amines is 1. The number of rotatable bonds is 35. The van der Waals surface area contributed by atoms with Crippen LogP contribution in [0.1, 0.15) is 101 Å². The zero-order valence-corrected chi connectivity index (χ0v) is 55.8. The molecule has 2 heterocycles. The third-order valence-electron chi connectivity index (χ3n) is 16.7. The van der Waals surface area contributed by atoms with Crippen molar-refractivity contribution in [1.29, 1.82) is 10.8 Å². The molecule has 1 aliphatic heterocycles. The van der Waals surface area contributed by atoms with Gasteiger partial charge in [-0.1, -0.05) is 87.4 Å². The van der Waals surface area contributed by atoms with E-state index in [2.05, 4.69) is 67.6 Å². The number of carbonyl (C=O) groups excluding carboxylic acids is 11. The van der Waals surface area contributed by atoms with Crippen LogP contribution in [0.5, 0.6) is 5.75 Å². The number of nitrogens with zero attached hydrogens (tertiary/aromatic N) is 1. The van der Waals surface area contributed by atoms with Crippen LogP contribution in [0.15, 0.2) is 85.1 Å². The number of hydrogen-bond donors (Lipinski definition) is 15. The number of hydrogen-bond acceptors (Lipinski definition) is 15. The van der Waals surface area contributed by atoms with Gasteiger partial charge in [0.05, 0.1) is 0 Å². The van der Waals surface area contributed by atoms with E-state index in [1.54, 1.807) is 68.4 Å². The number of alkyl halides is 6. The maximum Gasteiger partial charge on any atom is 0.491 e. The zero-order chi connectivity index (χ0) is 74.1. The van der Waals surface area contributed by atoms with Crippen molar-refractivity contribution in [3.63, 3.8) is 0 Å². The van der Waals surface area contributed by atoms with Crippen LogP contribution in [-0.2, 0) is 76.7 Å². The van der Waals surface area contributed by atoms with E-state index in [0.29, 0.717) is 47.7 Å². The molecule has 29 nitrogen and oxygen atoms in total. The number of nitrogens with one attached hydrogen (secondary N) is 13. The molecule has 35 heteroatoms. The Labute approximate surface area is 577 Å². The van der Waals surface area contributed by atoms with Crippen LogP contribution in [0.3, 0.4) is 0 Å². The Hall–Kier alpha value is -10.5. The zero-order valence-electron chi connectivity index (χ0n) is 55.8. The fraction of sp³-hybridized carbons (Fsp3) is 0.500. The van der Waals surface area contributed by atoms with Crippen molar-refractivity contribution in [1.82, 2.24) is 63.1 Å². The van der Waals surface area contributed by atoms with Crippen molar-refractivity contribution in [2.75, 3.05) is 33.3 Å². The van der Waals surface area contributed by atoms with E-state index in [1.165, 1.54) is 18.1 Å². The van der Waals surface area contributed by atoms with Crippen molar-refractivity contribution in [2.45, 2.75) is 164 Å². The number of ether oxygens (including phenoxy) is 2. The van der Waals surface area contributed by atoms with Gasteiger partial charge in [0.2, 0.25) is 53.2 Å². The SMILES string of the molecule is CNC(=O)[C@@H]1CCCN1C(=O)[C@H](CCCNC(=N)N)NC(=O)[C@H](CC(C)C)NC(=O)[C@@H](CCCNC(=N)N)NC(=O)[C@H](Cc1ccc(OC(=O)C(F)(F)F)cc1)NC(=O)[C@H](COC(=O)C(F)(F)F)NC(=O)[C@H](Cc1c[nH]c2ccccc12)NC(=O)[C@H](Cc1ccccc1)NC(=O)C1CCCC1. The molecule has 6 rings (SSSR count). The fourth-order valence-corrected chi connectivity index (χ4v) is 11.6. The van der Waals surface area contributed by atoms with E-state index in [0.717, 1.165) is 37.1 Å². The molecule has 2 aliphatic rings. The van der Waals surface area contributed by atoms with Gasteiger partial charge < -0.3 is 84.0 Å². The number of guanidine groups is 2. The molecule has 0 unspecified atom stereocenters. The molecule has 101 heavy (non-hydrogen) atoms. The molecule has 0 bridgehead atoms. The normalized spacial score (nSPS) is 16.0. The first-order valence-electron chi connectivity index (χ1n) is 32.8. The number of carbonyl (C=O) groups is 11. The third kappa shape index (κ3) is 25.0. The number of aromatic nitrogens is 1. The Morgan fingerprint density at radius 2 is 1.05 bits per heavy atom. The number of halogens is 6. The summed E-state index contributed by atoms with van der Waals surface area (Å²) in [5, 5.41) is 41.3. The monoisotopic (exact) mass is 1420 g/mol. The first-order chi connectivity index (χ1) is 47.8. The van der Waals surface area contributed by atoms with Crippen molar-refractivity contribution >= 4 is 87.9 Å². The molecular formula is C66H86F6N16O13. The Morgan fingerprint density at radius 1 is 0.564 bits per heavy atom. The molecule has 0 radical (unpaired) electrons. The lowest BCUT2D eigenvalue weighted by molar-refractivity contribution is -0.200. The number of likely N-dealkylation sites (N-methyl/N-ethyl adjacent to an activating group) is 1. The summed E-state index contributed by atoms with van der Waals surface area (Å²) in [7, 11) is 1.40. The molecule has 1 saturated heterocycles. The van der Waals surface area contributed by atoms with E-state index in [4.69, 9.17) is 22.3 Å². The maximum absolute atomic E-state index is 15.0. The van der Waals surface area contributed by atoms with Gasteiger partial charge in [-0.2, -0.15) is 26.3 Å². The van der Waals surface area contributed by atoms with Crippen LogP contribution in [0, 0.1) is 22.7 Å². The summed E-state index contributed by atoms with van der Waals surface area (Å²) in [6.45, 7) is 1.96. The van der Waals surface area contributed by atoms with Crippen molar-refractivity contribution < 1.29 is 88.6 Å². The summed E-state index contributed by atoms with van der Waals surface area (Å²) < 4.78 is 90.4. The minimum absolute atomic E-state index is 0.0370. The molecule has 2 fully saturated rings. The lowest BCUT2D eigenvalue weighted by atomic mass is 10.00. The minimum atomic E-state index is -5.68. The molecule has 17 N–H and O–H groups in total. The van der Waals surface area contributed by atoms with E-state index in [-0.39, 0.29) is 75.6 Å². The highest BCUT2D eigenvalue weighted by Gasteiger charge is 2.44. The summed E-state index contributed by atoms with van der Waals surface area (Å²) >= 11 is 0. The highest BCUT2D eigenvalue weighted by Crippen LogP contribution is 2.27. The summed E-state index contributed by atoms with van der Waals surface area (Å²) in [6, 6.07) is 6.25. The molecule has 1 aromatic heterocycles. The number of H-pyrrole nitrogens is 1. The van der Waals surface area contributed by atoms with Crippen LogP contribution in [-0.4, -0.2) is 181 Å². The molecule has 1 saturated carbocycles. The highest BCUT2D eigenvalue weighted by molar-refractivity contribution is 5.99. The van der Waals surface area contributed by atoms with E-state index < -0.39 is 163 Å². The molecule has 1 aliphatic carbocycles. The molecule has 550 valence electrons. The van der Waals surface area contributed by atoms with Crippen molar-refractivity contribution in [3.8, 4) is 5.75 Å². The van der Waals surface area contributed by atoms with Gasteiger partial charge in [0.25, 0.3) is 0 Å². The summed E-state index contributed by atoms with van der Waals surface area (Å²) in [5.41, 5.74) is 12.5. The van der Waals surface area contributed by atoms with Crippen LogP contribution in [0.25, 0.3) is 10.9 Å². The number of fused-ring (bicyclic) bond motifs is 1. The number of amides is 9. The summed E-state index contributed by atoms with van der Waals surface area (Å²) in [6.07, 6.45) is -7.81. The van der Waals surface area contributed by atoms with E-state index in [9.17, 15) is 74.3 Å². The molecule has 4 aromatic rings. The Balaban J connectivity index is 1.36. The van der Waals surface area contributed by atoms with Crippen LogP contribution in [0.2, 0.25) is 0 Å². The van der Waals surface area contributed by atoms with Gasteiger partial charge in [0.15, 0.2) is 11.9 Å². The summed E-state index contributed by atoms with van der Waals surface area (Å²) in [4.78, 5) is 158. The third-order valence-corrected chi connectivity index (χ3v) is 16.7. The minimum Gasteiger partial charge on any atom is -0.456 e. The van der Waals surface area contributed by atoms with Gasteiger partial charge in [0, 0.05) is 69.0 Å². The lowest BCUT2D eigenvalue weighted by Gasteiger charge is -2.30. The van der Waals surface area contributed by atoms with Crippen LogP contribution in [0.4, 0.5) is 26.3 Å². The standard InChI is InChI=1S/C66H86F6N16O13/c1-36(2)30-46(54(91)82-45(21-12-28-79-64(75)76)60(97)88-29-13-22-51(88)59(96)77-3)84-53(90)44(20-11-27-78-63(73)74)81-55(92)48(32-38-23-25-41(26-24-38)101-62(99)66(70,71)72)85-58(95)50(35-100-61(98)65(67,68)69)87-57(94)49(33-40-34-80-43-19-10-9-18-42(40)43)86-56(93)47(31-37-14-5-4-6-15-37)83-52(89)39-16-7-8-17-39/h4-6,9-10,14-15,18-19,23-26,34,36,39,44-51,80H,7-8,11-13,16-17,20-22,27-33,35H2,1-3H3,(H,77,96)(H,81,92)(H,82,91)(H,83,89)(H,84,90)(H,85,95)(H,86,93)(H,87,94)(H4,73,74,78)(H4,75,76,79)/t44-,45+,46+,47+,48+,49+,50+,51+/m1/s1. The second-order valence-corrected chi connectivity index (χ2v) is 24.9. The van der Waals surface area contributed by atoms with Gasteiger partial charge in [0.1, 0.15) is 60.7 Å². The topological polar surface area (TPSA) is 445 Å². The van der Waals surface area contributed by atoms with E-state index >= 15 is 4.79 Å². The number of esters is 2. The number of benzene rings is 3. The van der Waals surface area contributed by atoms with Gasteiger partial charge in [-0.25, -0.2) is 9.59 Å². The van der Waals surface area contributed by atoms with Crippen molar-refractivity contribution in [3.05, 3.63) is 102 Å². The van der Waals surface area contributed by atoms with Gasteiger partial charge in [-0.15, -0.1) is 0 Å². The smallest absolute Gasteiger partial charge is 0.456 e. The lowest BCUT2D eigenvalue weighted by Crippen LogP contribution is -2.61. The van der Waals surface area contributed by atoms with Gasteiger partial charge in [-0.05, 0) is 98.6 Å². The van der Waals surface area contributed by atoms with Crippen LogP contribution >= 0.6 is 0 Å². The van der Waals surface area contributed by atoms with E-state index in [1.807, 2.05) is 0 Å². The van der Waals surface area contributed by atoms with Crippen molar-refractivity contribution in [2.24, 2.45) is 23.3 Å². The van der Waals surface area contributed by atoms with Crippen LogP contribution < -0.4 is 69.4 Å². The Kier molecular flexibility index (Phi) is 29.6. The fourth-order valence-electron chi connectivity index (χ4n) is 11.6. The molecule has 3 aromatic carbocycles. The largest absolute Gasteiger partial charge is 0.491 e. The van der Waals surface area contributed by atoms with Gasteiger partial charge >= 0.3 is 24.3 Å². The molecule has 8 atom stereocenters. The molecule has 9 amide bonds. The number of para-hydroxylation sites is 1. The number of likely N-dealkylation sites (tertiary alicyclic amines) is 1. The molecule has 0 spiro atoms. The second kappa shape index (κ2) is 37.6. The quantitative estimate of drug-likeness (QED) is 0.00778. The predicted octanol–water partition coefficient (Wildman–Crippen LogP) is 1.66. The second-order valence-electron chi connectivity index (χ2n) is 24.9. The predicted molar refractivity (Wildman–Crippen MR) is 353 cm³/mol. The maximum atomic E-state index is 15.0. The first kappa shape index (κ1) is 79.5. The Bertz CT molecular complexity index is 3570. The number of nitrogens with two attached hydrogens (primary N) is 2. The first-order valence-corrected chi connectivity index (χ1v) is 32.8. The Morgan fingerprint density at radius 3 is 1.62 bits per heavy atom. The summed E-state index contributed by atoms with van der Waals surface area (Å²) in [5.74, 6) is -16.2. The average Bonchev–Trinajstić information content (AvgIpc) is 1.74. The highest BCUT2D eigenvalue weighted by atomic mass is 19.4. The molecular weight excluding hydrogens is 1340 g/mol. The van der Waals surface area contributed by atoms with Gasteiger partial charge in [-0.3, -0.25) is 54.0 Å². The average molecular weight is 1430 g/mol.